The van der Waals surface area contributed by atoms with E-state index in [0.29, 0.717) is 10.2 Å². The van der Waals surface area contributed by atoms with E-state index in [4.69, 9.17) is 4.74 Å². The fourth-order valence-electron chi connectivity index (χ4n) is 2.29. The third-order valence-electron chi connectivity index (χ3n) is 3.40. The molecule has 0 radical (unpaired) electrons. The Labute approximate surface area is 139 Å². The van der Waals surface area contributed by atoms with Crippen LogP contribution in [-0.4, -0.2) is 15.5 Å². The Kier molecular flexibility index (Phi) is 5.26. The molecule has 0 fully saturated rings. The summed E-state index contributed by atoms with van der Waals surface area (Å²) < 4.78 is 33.8. The molecular weight excluding hydrogens is 366 g/mol. The highest BCUT2D eigenvalue weighted by Crippen LogP contribution is 2.28. The Morgan fingerprint density at radius 1 is 1.18 bits per heavy atom. The molecule has 2 aromatic rings. The molecule has 2 aromatic carbocycles. The van der Waals surface area contributed by atoms with Crippen molar-refractivity contribution >= 4 is 26.0 Å². The van der Waals surface area contributed by atoms with E-state index in [1.165, 1.54) is 13.2 Å². The summed E-state index contributed by atoms with van der Waals surface area (Å²) in [6.45, 7) is 3.78. The molecule has 0 amide bonds. The molecule has 22 heavy (non-hydrogen) atoms. The van der Waals surface area contributed by atoms with Gasteiger partial charge in [-0.05, 0) is 43.2 Å². The first-order valence-corrected chi connectivity index (χ1v) is 9.04. The Balaban J connectivity index is 2.36. The predicted octanol–water partition coefficient (Wildman–Crippen LogP) is 3.81. The van der Waals surface area contributed by atoms with Gasteiger partial charge >= 0.3 is 0 Å². The van der Waals surface area contributed by atoms with Crippen molar-refractivity contribution in [3.05, 3.63) is 58.1 Å². The number of halogens is 1. The number of methoxy groups -OCH3 is 1. The Morgan fingerprint density at radius 3 is 2.50 bits per heavy atom. The van der Waals surface area contributed by atoms with E-state index in [0.717, 1.165) is 11.1 Å². The van der Waals surface area contributed by atoms with Gasteiger partial charge in [-0.1, -0.05) is 40.2 Å². The molecule has 0 aliphatic carbocycles. The smallest absolute Gasteiger partial charge is 0.244 e. The van der Waals surface area contributed by atoms with E-state index in [1.54, 1.807) is 12.1 Å². The number of benzene rings is 2. The van der Waals surface area contributed by atoms with Crippen molar-refractivity contribution in [3.8, 4) is 5.75 Å². The van der Waals surface area contributed by atoms with Gasteiger partial charge in [0, 0.05) is 10.5 Å². The highest BCUT2D eigenvalue weighted by atomic mass is 79.9. The van der Waals surface area contributed by atoms with Gasteiger partial charge in [-0.3, -0.25) is 0 Å². The molecule has 0 saturated heterocycles. The van der Waals surface area contributed by atoms with Gasteiger partial charge in [0.05, 0.1) is 7.11 Å². The highest BCUT2D eigenvalue weighted by Gasteiger charge is 2.23. The lowest BCUT2D eigenvalue weighted by molar-refractivity contribution is 0.402. The van der Waals surface area contributed by atoms with Gasteiger partial charge in [-0.25, -0.2) is 13.1 Å². The molecule has 118 valence electrons. The normalized spacial score (nSPS) is 12.9. The van der Waals surface area contributed by atoms with Gasteiger partial charge < -0.3 is 4.74 Å². The summed E-state index contributed by atoms with van der Waals surface area (Å²) >= 11 is 3.29. The van der Waals surface area contributed by atoms with E-state index >= 15 is 0 Å². The van der Waals surface area contributed by atoms with Crippen molar-refractivity contribution in [2.24, 2.45) is 0 Å². The number of sulfonamides is 1. The van der Waals surface area contributed by atoms with E-state index in [1.807, 2.05) is 38.1 Å². The predicted molar refractivity (Wildman–Crippen MR) is 90.6 cm³/mol. The second-order valence-corrected chi connectivity index (χ2v) is 7.59. The molecule has 1 atom stereocenters. The van der Waals surface area contributed by atoms with Crippen LogP contribution in [0, 0.1) is 6.92 Å². The first-order chi connectivity index (χ1) is 10.3. The number of rotatable bonds is 5. The van der Waals surface area contributed by atoms with Gasteiger partial charge in [0.15, 0.2) is 0 Å². The van der Waals surface area contributed by atoms with Crippen LogP contribution in [0.2, 0.25) is 0 Å². The molecular formula is C16H18BrNO3S. The second-order valence-electron chi connectivity index (χ2n) is 4.99. The Hall–Kier alpha value is -1.37. The van der Waals surface area contributed by atoms with Crippen molar-refractivity contribution in [1.82, 2.24) is 4.72 Å². The fraction of sp³-hybridized carbons (Fsp3) is 0.250. The zero-order valence-electron chi connectivity index (χ0n) is 12.6. The van der Waals surface area contributed by atoms with Gasteiger partial charge in [0.2, 0.25) is 10.0 Å². The van der Waals surface area contributed by atoms with Crippen LogP contribution in [0.25, 0.3) is 0 Å². The van der Waals surface area contributed by atoms with Crippen LogP contribution in [0.3, 0.4) is 0 Å². The van der Waals surface area contributed by atoms with Crippen molar-refractivity contribution in [1.29, 1.82) is 0 Å². The first-order valence-electron chi connectivity index (χ1n) is 6.76. The standard InChI is InChI=1S/C16H18BrNO3S/c1-11-6-4-5-7-14(11)12(2)18-22(19,20)16-10-13(17)8-9-15(16)21-3/h4-10,12,18H,1-3H3/t12-/m0/s1. The average Bonchev–Trinajstić information content (AvgIpc) is 2.47. The number of nitrogens with one attached hydrogen (secondary N) is 1. The third kappa shape index (κ3) is 3.69. The highest BCUT2D eigenvalue weighted by molar-refractivity contribution is 9.10. The molecule has 0 unspecified atom stereocenters. The number of hydrogen-bond donors (Lipinski definition) is 1. The topological polar surface area (TPSA) is 55.4 Å². The van der Waals surface area contributed by atoms with Crippen LogP contribution in [0.5, 0.6) is 5.75 Å². The average molecular weight is 384 g/mol. The summed E-state index contributed by atoms with van der Waals surface area (Å²) in [6.07, 6.45) is 0. The molecule has 1 N–H and O–H groups in total. The van der Waals surface area contributed by atoms with Gasteiger partial charge in [-0.2, -0.15) is 0 Å². The quantitative estimate of drug-likeness (QED) is 0.853. The van der Waals surface area contributed by atoms with Crippen LogP contribution < -0.4 is 9.46 Å². The largest absolute Gasteiger partial charge is 0.495 e. The lowest BCUT2D eigenvalue weighted by Gasteiger charge is -2.18. The molecule has 0 aromatic heterocycles. The number of ether oxygens (including phenoxy) is 1. The molecule has 0 aliphatic heterocycles. The van der Waals surface area contributed by atoms with Gasteiger partial charge in [0.25, 0.3) is 0 Å². The van der Waals surface area contributed by atoms with Gasteiger partial charge in [-0.15, -0.1) is 0 Å². The number of hydrogen-bond acceptors (Lipinski definition) is 3. The van der Waals surface area contributed by atoms with Gasteiger partial charge in [0.1, 0.15) is 10.6 Å². The second kappa shape index (κ2) is 6.81. The minimum atomic E-state index is -3.69. The summed E-state index contributed by atoms with van der Waals surface area (Å²) in [5, 5.41) is 0. The maximum atomic E-state index is 12.6. The summed E-state index contributed by atoms with van der Waals surface area (Å²) in [4.78, 5) is 0.116. The maximum absolute atomic E-state index is 12.6. The Morgan fingerprint density at radius 2 is 1.86 bits per heavy atom. The lowest BCUT2D eigenvalue weighted by Crippen LogP contribution is -2.27. The Bertz CT molecular complexity index is 775. The molecule has 6 heteroatoms. The van der Waals surface area contributed by atoms with Crippen LogP contribution in [-0.2, 0) is 10.0 Å². The van der Waals surface area contributed by atoms with Crippen molar-refractivity contribution in [2.75, 3.05) is 7.11 Å². The summed E-state index contributed by atoms with van der Waals surface area (Å²) in [7, 11) is -2.24. The summed E-state index contributed by atoms with van der Waals surface area (Å²) in [6, 6.07) is 12.3. The zero-order chi connectivity index (χ0) is 16.3. The zero-order valence-corrected chi connectivity index (χ0v) is 15.0. The maximum Gasteiger partial charge on any atom is 0.244 e. The van der Waals surface area contributed by atoms with E-state index in [2.05, 4.69) is 20.7 Å². The van der Waals surface area contributed by atoms with Crippen molar-refractivity contribution in [3.63, 3.8) is 0 Å². The molecule has 0 bridgehead atoms. The summed E-state index contributed by atoms with van der Waals surface area (Å²) in [5.41, 5.74) is 1.99. The molecule has 0 aliphatic rings. The fourth-order valence-corrected chi connectivity index (χ4v) is 4.22. The van der Waals surface area contributed by atoms with Crippen molar-refractivity contribution in [2.45, 2.75) is 24.8 Å². The molecule has 0 saturated carbocycles. The molecule has 4 nitrogen and oxygen atoms in total. The minimum Gasteiger partial charge on any atom is -0.495 e. The molecule has 0 heterocycles. The van der Waals surface area contributed by atoms with Crippen LogP contribution in [0.4, 0.5) is 0 Å². The first kappa shape index (κ1) is 17.0. The van der Waals surface area contributed by atoms with Crippen molar-refractivity contribution < 1.29 is 13.2 Å². The van der Waals surface area contributed by atoms with E-state index in [9.17, 15) is 8.42 Å². The minimum absolute atomic E-state index is 0.116. The SMILES string of the molecule is COc1ccc(Br)cc1S(=O)(=O)N[C@@H](C)c1ccccc1C. The lowest BCUT2D eigenvalue weighted by atomic mass is 10.0. The van der Waals surface area contributed by atoms with E-state index in [-0.39, 0.29) is 10.9 Å². The van der Waals surface area contributed by atoms with Crippen LogP contribution in [0.1, 0.15) is 24.1 Å². The van der Waals surface area contributed by atoms with Crippen LogP contribution in [0.15, 0.2) is 51.8 Å². The summed E-state index contributed by atoms with van der Waals surface area (Å²) in [5.74, 6) is 0.313. The van der Waals surface area contributed by atoms with Crippen LogP contribution >= 0.6 is 15.9 Å². The third-order valence-corrected chi connectivity index (χ3v) is 5.46. The monoisotopic (exact) mass is 383 g/mol. The number of aryl methyl sites for hydroxylation is 1. The molecule has 2 rings (SSSR count). The van der Waals surface area contributed by atoms with E-state index < -0.39 is 10.0 Å². The molecule has 0 spiro atoms.